The number of benzene rings is 2. The lowest BCUT2D eigenvalue weighted by atomic mass is 9.92. The number of nitrogens with zero attached hydrogens (tertiary/aromatic N) is 2. The zero-order valence-corrected chi connectivity index (χ0v) is 18.3. The molecule has 0 amide bonds. The Bertz CT molecular complexity index is 1150. The molecule has 2 heterocycles. The molecule has 0 saturated carbocycles. The smallest absolute Gasteiger partial charge is 0.236 e. The maximum atomic E-state index is 13.4. The Labute approximate surface area is 180 Å². The average molecular weight is 449 g/mol. The molecular weight excluding hydrogens is 427 g/mol. The number of anilines is 1. The number of oxazole rings is 1. The van der Waals surface area contributed by atoms with E-state index >= 15 is 0 Å². The van der Waals surface area contributed by atoms with Crippen LogP contribution in [0.5, 0.6) is 0 Å². The fourth-order valence-electron chi connectivity index (χ4n) is 3.98. The first-order valence-corrected chi connectivity index (χ1v) is 11.6. The molecule has 4 rings (SSSR count). The van der Waals surface area contributed by atoms with Crippen LogP contribution in [0.4, 0.5) is 10.3 Å². The van der Waals surface area contributed by atoms with Crippen molar-refractivity contribution in [1.29, 1.82) is 0 Å². The van der Waals surface area contributed by atoms with Gasteiger partial charge in [0.1, 0.15) is 5.82 Å². The molecule has 0 radical (unpaired) electrons. The molecule has 30 heavy (non-hydrogen) atoms. The number of aromatic nitrogens is 1. The molecule has 1 fully saturated rings. The number of hydrogen-bond acceptors (Lipinski definition) is 5. The average Bonchev–Trinajstić information content (AvgIpc) is 3.14. The van der Waals surface area contributed by atoms with Gasteiger partial charge >= 0.3 is 0 Å². The summed E-state index contributed by atoms with van der Waals surface area (Å²) in [7, 11) is -4.03. The molecule has 0 bridgehead atoms. The van der Waals surface area contributed by atoms with Crippen molar-refractivity contribution >= 4 is 27.3 Å². The zero-order chi connectivity index (χ0) is 21.5. The first kappa shape index (κ1) is 20.9. The highest BCUT2D eigenvalue weighted by molar-refractivity contribution is 7.91. The molecule has 1 saturated heterocycles. The van der Waals surface area contributed by atoms with Crippen LogP contribution in [-0.2, 0) is 9.84 Å². The van der Waals surface area contributed by atoms with Crippen LogP contribution in [0.2, 0.25) is 5.02 Å². The van der Waals surface area contributed by atoms with Gasteiger partial charge in [0.05, 0.1) is 15.5 Å². The molecule has 1 aliphatic rings. The van der Waals surface area contributed by atoms with Crippen molar-refractivity contribution in [2.75, 3.05) is 18.0 Å². The number of piperidine rings is 1. The van der Waals surface area contributed by atoms with Crippen molar-refractivity contribution in [2.24, 2.45) is 11.8 Å². The van der Waals surface area contributed by atoms with Gasteiger partial charge in [-0.15, -0.1) is 0 Å². The van der Waals surface area contributed by atoms with E-state index in [0.717, 1.165) is 18.6 Å². The van der Waals surface area contributed by atoms with Crippen LogP contribution < -0.4 is 4.90 Å². The second-order valence-electron chi connectivity index (χ2n) is 7.92. The summed E-state index contributed by atoms with van der Waals surface area (Å²) < 4.78 is 46.2. The lowest BCUT2D eigenvalue weighted by Gasteiger charge is -2.34. The largest absolute Gasteiger partial charge is 0.419 e. The highest BCUT2D eigenvalue weighted by atomic mass is 35.5. The van der Waals surface area contributed by atoms with E-state index < -0.39 is 15.7 Å². The van der Waals surface area contributed by atoms with Crippen LogP contribution in [-0.4, -0.2) is 26.5 Å². The van der Waals surface area contributed by atoms with Crippen LogP contribution in [0.3, 0.4) is 0 Å². The molecule has 158 valence electrons. The normalized spacial score (nSPS) is 19.8. The predicted octanol–water partition coefficient (Wildman–Crippen LogP) is 5.45. The van der Waals surface area contributed by atoms with Crippen molar-refractivity contribution in [2.45, 2.75) is 30.2 Å². The second-order valence-corrected chi connectivity index (χ2v) is 10.2. The molecule has 1 aromatic heterocycles. The maximum Gasteiger partial charge on any atom is 0.236 e. The summed E-state index contributed by atoms with van der Waals surface area (Å²) in [6.07, 6.45) is 1.06. The van der Waals surface area contributed by atoms with Crippen LogP contribution in [0.15, 0.2) is 62.9 Å². The zero-order valence-electron chi connectivity index (χ0n) is 16.7. The van der Waals surface area contributed by atoms with Crippen molar-refractivity contribution < 1.29 is 17.2 Å². The maximum absolute atomic E-state index is 13.4. The summed E-state index contributed by atoms with van der Waals surface area (Å²) in [5, 5.41) is 0.238. The standard InChI is InChI=1S/C22H22ClFN2O3S/c1-14-11-15(2)13-26(12-14)22-21(30(27,28)17-9-7-16(24)8-10-17)25-20(29-22)18-5-3-4-6-19(18)23/h3-10,14-15H,11-13H2,1-2H3. The number of hydrogen-bond donors (Lipinski definition) is 0. The van der Waals surface area contributed by atoms with Gasteiger partial charge in [0.25, 0.3) is 0 Å². The minimum atomic E-state index is -4.03. The highest BCUT2D eigenvalue weighted by Gasteiger charge is 2.34. The first-order valence-electron chi connectivity index (χ1n) is 9.77. The molecule has 8 heteroatoms. The van der Waals surface area contributed by atoms with Crippen LogP contribution >= 0.6 is 11.6 Å². The number of halogens is 2. The van der Waals surface area contributed by atoms with Gasteiger partial charge < -0.3 is 9.32 Å². The van der Waals surface area contributed by atoms with E-state index in [0.29, 0.717) is 35.5 Å². The molecule has 0 aliphatic carbocycles. The molecule has 2 atom stereocenters. The molecular formula is C22H22ClFN2O3S. The van der Waals surface area contributed by atoms with Crippen molar-refractivity contribution in [3.8, 4) is 11.5 Å². The van der Waals surface area contributed by atoms with Crippen molar-refractivity contribution in [3.63, 3.8) is 0 Å². The van der Waals surface area contributed by atoms with Crippen LogP contribution in [0, 0.1) is 17.7 Å². The van der Waals surface area contributed by atoms with Gasteiger partial charge in [-0.3, -0.25) is 0 Å². The minimum Gasteiger partial charge on any atom is -0.419 e. The SMILES string of the molecule is CC1CC(C)CN(c2oc(-c3ccccc3Cl)nc2S(=O)(=O)c2ccc(F)cc2)C1. The first-order chi connectivity index (χ1) is 14.3. The van der Waals surface area contributed by atoms with E-state index in [1.165, 1.54) is 12.1 Å². The summed E-state index contributed by atoms with van der Waals surface area (Å²) >= 11 is 6.30. The molecule has 3 aromatic rings. The molecule has 5 nitrogen and oxygen atoms in total. The molecule has 2 unspecified atom stereocenters. The third-order valence-electron chi connectivity index (χ3n) is 5.22. The Balaban J connectivity index is 1.87. The third kappa shape index (κ3) is 3.96. The molecule has 0 spiro atoms. The fraction of sp³-hybridized carbons (Fsp3) is 0.318. The van der Waals surface area contributed by atoms with E-state index in [2.05, 4.69) is 18.8 Å². The Morgan fingerprint density at radius 1 is 1.07 bits per heavy atom. The van der Waals surface area contributed by atoms with Crippen LogP contribution in [0.1, 0.15) is 20.3 Å². The minimum absolute atomic E-state index is 0.0396. The van der Waals surface area contributed by atoms with E-state index in [9.17, 15) is 12.8 Å². The van der Waals surface area contributed by atoms with Crippen molar-refractivity contribution in [3.05, 3.63) is 59.4 Å². The number of sulfone groups is 1. The van der Waals surface area contributed by atoms with Gasteiger partial charge in [-0.25, -0.2) is 12.8 Å². The highest BCUT2D eigenvalue weighted by Crippen LogP contribution is 2.38. The summed E-state index contributed by atoms with van der Waals surface area (Å²) in [4.78, 5) is 6.26. The third-order valence-corrected chi connectivity index (χ3v) is 7.22. The van der Waals surface area contributed by atoms with E-state index in [1.807, 2.05) is 4.90 Å². The monoisotopic (exact) mass is 448 g/mol. The Morgan fingerprint density at radius 2 is 1.70 bits per heavy atom. The Morgan fingerprint density at radius 3 is 2.33 bits per heavy atom. The van der Waals surface area contributed by atoms with Gasteiger partial charge in [0.15, 0.2) is 0 Å². The quantitative estimate of drug-likeness (QED) is 0.496. The summed E-state index contributed by atoms with van der Waals surface area (Å²) in [5.41, 5.74) is 0.513. The van der Waals surface area contributed by atoms with E-state index in [1.54, 1.807) is 24.3 Å². The van der Waals surface area contributed by atoms with Gasteiger partial charge in [-0.1, -0.05) is 37.6 Å². The van der Waals surface area contributed by atoms with Crippen molar-refractivity contribution in [1.82, 2.24) is 4.98 Å². The van der Waals surface area contributed by atoms with Crippen LogP contribution in [0.25, 0.3) is 11.5 Å². The topological polar surface area (TPSA) is 63.4 Å². The number of rotatable bonds is 4. The fourth-order valence-corrected chi connectivity index (χ4v) is 5.51. The van der Waals surface area contributed by atoms with Gasteiger partial charge in [0.2, 0.25) is 26.6 Å². The van der Waals surface area contributed by atoms with Gasteiger partial charge in [-0.2, -0.15) is 4.98 Å². The Kier molecular flexibility index (Phi) is 5.59. The summed E-state index contributed by atoms with van der Waals surface area (Å²) in [6, 6.07) is 11.7. The summed E-state index contributed by atoms with van der Waals surface area (Å²) in [6.45, 7) is 5.57. The van der Waals surface area contributed by atoms with Gasteiger partial charge in [0, 0.05) is 13.1 Å². The second kappa shape index (κ2) is 8.04. The molecule has 1 aliphatic heterocycles. The lowest BCUT2D eigenvalue weighted by Crippen LogP contribution is -2.39. The molecule has 2 aromatic carbocycles. The summed E-state index contributed by atoms with van der Waals surface area (Å²) in [5.74, 6) is 0.590. The van der Waals surface area contributed by atoms with Gasteiger partial charge in [-0.05, 0) is 54.7 Å². The Hall–Kier alpha value is -2.38. The van der Waals surface area contributed by atoms with E-state index in [4.69, 9.17) is 16.0 Å². The van der Waals surface area contributed by atoms with E-state index in [-0.39, 0.29) is 21.7 Å². The molecule has 0 N–H and O–H groups in total. The lowest BCUT2D eigenvalue weighted by molar-refractivity contribution is 0.342. The predicted molar refractivity (Wildman–Crippen MR) is 114 cm³/mol.